The summed E-state index contributed by atoms with van der Waals surface area (Å²) in [6, 6.07) is 14.7. The van der Waals surface area contributed by atoms with Gasteiger partial charge in [0, 0.05) is 6.08 Å². The number of rotatable bonds is 6. The van der Waals surface area contributed by atoms with E-state index in [1.54, 1.807) is 30.3 Å². The van der Waals surface area contributed by atoms with Crippen molar-refractivity contribution in [2.45, 2.75) is 20.3 Å². The molecule has 25 heavy (non-hydrogen) atoms. The van der Waals surface area contributed by atoms with E-state index in [9.17, 15) is 9.59 Å². The SMILES string of the molecule is CCCOc1ccccc1C(=O)NNC(=O)/C=C/c1ccc(C)cc1. The minimum atomic E-state index is -0.427. The normalized spacial score (nSPS) is 10.5. The summed E-state index contributed by atoms with van der Waals surface area (Å²) in [5.41, 5.74) is 7.19. The molecule has 2 aromatic rings. The molecule has 0 aromatic heterocycles. The molecule has 0 radical (unpaired) electrons. The van der Waals surface area contributed by atoms with Gasteiger partial charge in [0.15, 0.2) is 0 Å². The largest absolute Gasteiger partial charge is 0.493 e. The summed E-state index contributed by atoms with van der Waals surface area (Å²) in [7, 11) is 0. The van der Waals surface area contributed by atoms with Crippen LogP contribution in [0.5, 0.6) is 5.75 Å². The van der Waals surface area contributed by atoms with Crippen molar-refractivity contribution in [1.82, 2.24) is 10.9 Å². The summed E-state index contributed by atoms with van der Waals surface area (Å²) in [5.74, 6) is -0.351. The van der Waals surface area contributed by atoms with Crippen molar-refractivity contribution < 1.29 is 14.3 Å². The van der Waals surface area contributed by atoms with Gasteiger partial charge < -0.3 is 4.74 Å². The lowest BCUT2D eigenvalue weighted by atomic mass is 10.1. The van der Waals surface area contributed by atoms with Gasteiger partial charge in [0.2, 0.25) is 0 Å². The van der Waals surface area contributed by atoms with Crippen LogP contribution in [0.3, 0.4) is 0 Å². The molecule has 0 aliphatic carbocycles. The lowest BCUT2D eigenvalue weighted by molar-refractivity contribution is -0.117. The number of nitrogens with one attached hydrogen (secondary N) is 2. The number of hydrazine groups is 1. The van der Waals surface area contributed by atoms with Crippen molar-refractivity contribution in [2.75, 3.05) is 6.61 Å². The van der Waals surface area contributed by atoms with Gasteiger partial charge in [0.05, 0.1) is 12.2 Å². The molecule has 2 N–H and O–H groups in total. The number of carbonyl (C=O) groups excluding carboxylic acids is 2. The lowest BCUT2D eigenvalue weighted by Gasteiger charge is -2.11. The monoisotopic (exact) mass is 338 g/mol. The van der Waals surface area contributed by atoms with E-state index >= 15 is 0 Å². The van der Waals surface area contributed by atoms with Crippen LogP contribution in [0, 0.1) is 6.92 Å². The third-order valence-corrected chi connectivity index (χ3v) is 3.40. The Morgan fingerprint density at radius 3 is 2.48 bits per heavy atom. The van der Waals surface area contributed by atoms with Crippen LogP contribution in [0.15, 0.2) is 54.6 Å². The molecule has 5 nitrogen and oxygen atoms in total. The molecule has 2 rings (SSSR count). The van der Waals surface area contributed by atoms with Gasteiger partial charge in [0.25, 0.3) is 11.8 Å². The zero-order chi connectivity index (χ0) is 18.1. The first-order valence-corrected chi connectivity index (χ1v) is 8.17. The first-order chi connectivity index (χ1) is 12.1. The van der Waals surface area contributed by atoms with Gasteiger partial charge in [-0.05, 0) is 37.1 Å². The molecule has 2 aromatic carbocycles. The van der Waals surface area contributed by atoms with Gasteiger partial charge in [-0.25, -0.2) is 0 Å². The molecule has 0 aliphatic heterocycles. The van der Waals surface area contributed by atoms with Crippen LogP contribution < -0.4 is 15.6 Å². The number of benzene rings is 2. The van der Waals surface area contributed by atoms with Gasteiger partial charge in [0.1, 0.15) is 5.75 Å². The Balaban J connectivity index is 1.91. The summed E-state index contributed by atoms with van der Waals surface area (Å²) in [6.07, 6.45) is 3.89. The van der Waals surface area contributed by atoms with E-state index in [1.807, 2.05) is 38.1 Å². The highest BCUT2D eigenvalue weighted by atomic mass is 16.5. The lowest BCUT2D eigenvalue weighted by Crippen LogP contribution is -2.40. The minimum absolute atomic E-state index is 0.374. The van der Waals surface area contributed by atoms with Gasteiger partial charge >= 0.3 is 0 Å². The third-order valence-electron chi connectivity index (χ3n) is 3.40. The topological polar surface area (TPSA) is 67.4 Å². The van der Waals surface area contributed by atoms with Crippen LogP contribution in [0.25, 0.3) is 6.08 Å². The van der Waals surface area contributed by atoms with Crippen LogP contribution in [-0.4, -0.2) is 18.4 Å². The van der Waals surface area contributed by atoms with E-state index in [1.165, 1.54) is 6.08 Å². The van der Waals surface area contributed by atoms with Crippen molar-refractivity contribution >= 4 is 17.9 Å². The van der Waals surface area contributed by atoms with E-state index in [0.29, 0.717) is 17.9 Å². The van der Waals surface area contributed by atoms with E-state index in [4.69, 9.17) is 4.74 Å². The first kappa shape index (κ1) is 18.3. The van der Waals surface area contributed by atoms with Crippen LogP contribution in [0.2, 0.25) is 0 Å². The number of para-hydroxylation sites is 1. The van der Waals surface area contributed by atoms with Crippen LogP contribution >= 0.6 is 0 Å². The molecular weight excluding hydrogens is 316 g/mol. The van der Waals surface area contributed by atoms with Crippen molar-refractivity contribution in [3.8, 4) is 5.75 Å². The second-order valence-electron chi connectivity index (χ2n) is 5.53. The number of carbonyl (C=O) groups is 2. The fraction of sp³-hybridized carbons (Fsp3) is 0.200. The molecule has 0 atom stereocenters. The molecule has 0 heterocycles. The molecule has 5 heteroatoms. The van der Waals surface area contributed by atoms with E-state index in [2.05, 4.69) is 10.9 Å². The quantitative estimate of drug-likeness (QED) is 0.627. The third kappa shape index (κ3) is 5.80. The molecule has 0 bridgehead atoms. The van der Waals surface area contributed by atoms with E-state index in [0.717, 1.165) is 17.5 Å². The number of hydrogen-bond donors (Lipinski definition) is 2. The first-order valence-electron chi connectivity index (χ1n) is 8.17. The summed E-state index contributed by atoms with van der Waals surface area (Å²) in [6.45, 7) is 4.51. The highest BCUT2D eigenvalue weighted by Gasteiger charge is 2.12. The van der Waals surface area contributed by atoms with Crippen molar-refractivity contribution in [1.29, 1.82) is 0 Å². The van der Waals surface area contributed by atoms with Crippen molar-refractivity contribution in [2.24, 2.45) is 0 Å². The number of hydrogen-bond acceptors (Lipinski definition) is 3. The molecular formula is C20H22N2O3. The van der Waals surface area contributed by atoms with Crippen molar-refractivity contribution in [3.63, 3.8) is 0 Å². The average molecular weight is 338 g/mol. The smallest absolute Gasteiger partial charge is 0.273 e. The summed E-state index contributed by atoms with van der Waals surface area (Å²) in [4.78, 5) is 24.0. The molecule has 0 unspecified atom stereocenters. The van der Waals surface area contributed by atoms with Crippen LogP contribution in [-0.2, 0) is 4.79 Å². The fourth-order valence-corrected chi connectivity index (χ4v) is 2.07. The molecule has 130 valence electrons. The molecule has 0 saturated carbocycles. The average Bonchev–Trinajstić information content (AvgIpc) is 2.64. The Kier molecular flexibility index (Phi) is 6.77. The highest BCUT2D eigenvalue weighted by Crippen LogP contribution is 2.17. The Hall–Kier alpha value is -3.08. The highest BCUT2D eigenvalue weighted by molar-refractivity contribution is 5.99. The molecule has 2 amide bonds. The zero-order valence-electron chi connectivity index (χ0n) is 14.4. The second-order valence-corrected chi connectivity index (χ2v) is 5.53. The molecule has 0 aliphatic rings. The number of ether oxygens (including phenoxy) is 1. The fourth-order valence-electron chi connectivity index (χ4n) is 2.07. The second kappa shape index (κ2) is 9.27. The molecule has 0 fully saturated rings. The van der Waals surface area contributed by atoms with Gasteiger partial charge in [-0.15, -0.1) is 0 Å². The summed E-state index contributed by atoms with van der Waals surface area (Å²) in [5, 5.41) is 0. The standard InChI is InChI=1S/C20H22N2O3/c1-3-14-25-18-7-5-4-6-17(18)20(24)22-21-19(23)13-12-16-10-8-15(2)9-11-16/h4-13H,3,14H2,1-2H3,(H,21,23)(H,22,24)/b13-12+. The Bertz CT molecular complexity index is 752. The van der Waals surface area contributed by atoms with Crippen LogP contribution in [0.1, 0.15) is 34.8 Å². The molecule has 0 saturated heterocycles. The maximum Gasteiger partial charge on any atom is 0.273 e. The van der Waals surface area contributed by atoms with E-state index < -0.39 is 11.8 Å². The predicted molar refractivity (Wildman–Crippen MR) is 98.0 cm³/mol. The van der Waals surface area contributed by atoms with Gasteiger partial charge in [-0.2, -0.15) is 0 Å². The van der Waals surface area contributed by atoms with Gasteiger partial charge in [-0.3, -0.25) is 20.4 Å². The Morgan fingerprint density at radius 2 is 1.76 bits per heavy atom. The van der Waals surface area contributed by atoms with Crippen LogP contribution in [0.4, 0.5) is 0 Å². The summed E-state index contributed by atoms with van der Waals surface area (Å²) < 4.78 is 5.54. The van der Waals surface area contributed by atoms with E-state index in [-0.39, 0.29) is 0 Å². The number of amides is 2. The Morgan fingerprint density at radius 1 is 1.04 bits per heavy atom. The maximum atomic E-state index is 12.2. The maximum absolute atomic E-state index is 12.2. The zero-order valence-corrected chi connectivity index (χ0v) is 14.4. The Labute approximate surface area is 147 Å². The minimum Gasteiger partial charge on any atom is -0.493 e. The summed E-state index contributed by atoms with van der Waals surface area (Å²) >= 11 is 0. The van der Waals surface area contributed by atoms with Crippen molar-refractivity contribution in [3.05, 3.63) is 71.3 Å². The number of aryl methyl sites for hydroxylation is 1. The molecule has 0 spiro atoms. The van der Waals surface area contributed by atoms with Gasteiger partial charge in [-0.1, -0.05) is 48.9 Å². The predicted octanol–water partition coefficient (Wildman–Crippen LogP) is 3.26.